The van der Waals surface area contributed by atoms with Crippen molar-refractivity contribution in [1.29, 1.82) is 0 Å². The van der Waals surface area contributed by atoms with Gasteiger partial charge in [-0.15, -0.1) is 0 Å². The van der Waals surface area contributed by atoms with Crippen LogP contribution in [-0.2, 0) is 0 Å². The molecule has 5 rings (SSSR count). The first kappa shape index (κ1) is 21.6. The fraction of sp³-hybridized carbons (Fsp3) is 0.933. The lowest BCUT2D eigenvalue weighted by Gasteiger charge is -2.73. The van der Waals surface area contributed by atoms with Gasteiger partial charge in [0.1, 0.15) is 0 Å². The molecule has 0 aliphatic heterocycles. The summed E-state index contributed by atoms with van der Waals surface area (Å²) in [6.45, 7) is 21.1. The minimum absolute atomic E-state index is 0.549. The first-order valence-electron chi connectivity index (χ1n) is 13.6. The van der Waals surface area contributed by atoms with E-state index in [1.165, 1.54) is 70.6 Å². The Morgan fingerprint density at radius 1 is 0.633 bits per heavy atom. The standard InChI is InChI=1S/C30H50/c1-20(2)21-12-17-27(5)22(21)13-18-29(7)24(27)10-11-25-28(6)16-9-15-26(3,4)23(28)14-19-30(25,29)8/h22-25H,9-19H2,1-8H3/t22-,23-,24+,25+,27-,28-,29+,30+/m0/s1. The lowest BCUT2D eigenvalue weighted by molar-refractivity contribution is -0.238. The lowest BCUT2D eigenvalue weighted by atomic mass is 9.32. The molecular formula is C30H50. The van der Waals surface area contributed by atoms with Crippen molar-refractivity contribution in [3.8, 4) is 0 Å². The highest BCUT2D eigenvalue weighted by Gasteiger charge is 2.69. The van der Waals surface area contributed by atoms with Crippen LogP contribution in [0.1, 0.15) is 126 Å². The molecule has 5 fully saturated rings. The molecule has 30 heavy (non-hydrogen) atoms. The summed E-state index contributed by atoms with van der Waals surface area (Å²) in [5.41, 5.74) is 6.31. The van der Waals surface area contributed by atoms with Crippen molar-refractivity contribution in [1.82, 2.24) is 0 Å². The van der Waals surface area contributed by atoms with Crippen molar-refractivity contribution in [3.05, 3.63) is 11.1 Å². The van der Waals surface area contributed by atoms with Crippen LogP contribution in [0, 0.1) is 50.7 Å². The van der Waals surface area contributed by atoms with Crippen LogP contribution in [0.3, 0.4) is 0 Å². The Bertz CT molecular complexity index is 752. The van der Waals surface area contributed by atoms with E-state index in [1.54, 1.807) is 5.57 Å². The molecule has 0 unspecified atom stereocenters. The maximum atomic E-state index is 2.80. The van der Waals surface area contributed by atoms with Gasteiger partial charge in [0, 0.05) is 0 Å². The Labute approximate surface area is 188 Å². The summed E-state index contributed by atoms with van der Waals surface area (Å²) in [5.74, 6) is 3.74. The highest BCUT2D eigenvalue weighted by molar-refractivity contribution is 5.27. The van der Waals surface area contributed by atoms with Crippen LogP contribution >= 0.6 is 0 Å². The second-order valence-electron chi connectivity index (χ2n) is 14.6. The van der Waals surface area contributed by atoms with Crippen LogP contribution < -0.4 is 0 Å². The van der Waals surface area contributed by atoms with Gasteiger partial charge < -0.3 is 0 Å². The predicted molar refractivity (Wildman–Crippen MR) is 129 cm³/mol. The third kappa shape index (κ3) is 2.46. The molecule has 0 aromatic carbocycles. The summed E-state index contributed by atoms with van der Waals surface area (Å²) in [6.07, 6.45) is 16.3. The monoisotopic (exact) mass is 410 g/mol. The second-order valence-corrected chi connectivity index (χ2v) is 14.6. The van der Waals surface area contributed by atoms with Crippen molar-refractivity contribution in [2.24, 2.45) is 50.7 Å². The molecule has 0 N–H and O–H groups in total. The Balaban J connectivity index is 1.54. The average molecular weight is 411 g/mol. The fourth-order valence-corrected chi connectivity index (χ4v) is 11.7. The zero-order valence-electron chi connectivity index (χ0n) is 21.6. The maximum Gasteiger partial charge on any atom is -0.0144 e. The largest absolute Gasteiger partial charge is 0.0769 e. The minimum atomic E-state index is 0.549. The topological polar surface area (TPSA) is 0 Å². The first-order valence-corrected chi connectivity index (χ1v) is 13.6. The molecule has 0 spiro atoms. The van der Waals surface area contributed by atoms with Crippen LogP contribution in [0.4, 0.5) is 0 Å². The highest BCUT2D eigenvalue weighted by Crippen LogP contribution is 2.77. The Morgan fingerprint density at radius 3 is 1.87 bits per heavy atom. The molecule has 0 bridgehead atoms. The van der Waals surface area contributed by atoms with Gasteiger partial charge in [-0.05, 0) is 129 Å². The zero-order chi connectivity index (χ0) is 21.7. The van der Waals surface area contributed by atoms with Gasteiger partial charge in [-0.1, -0.05) is 59.1 Å². The van der Waals surface area contributed by atoms with E-state index in [2.05, 4.69) is 55.4 Å². The van der Waals surface area contributed by atoms with Gasteiger partial charge in [-0.25, -0.2) is 0 Å². The summed E-state index contributed by atoms with van der Waals surface area (Å²) in [7, 11) is 0. The summed E-state index contributed by atoms with van der Waals surface area (Å²) < 4.78 is 0. The van der Waals surface area contributed by atoms with Crippen LogP contribution in [0.5, 0.6) is 0 Å². The summed E-state index contributed by atoms with van der Waals surface area (Å²) >= 11 is 0. The van der Waals surface area contributed by atoms with Crippen molar-refractivity contribution in [3.63, 3.8) is 0 Å². The van der Waals surface area contributed by atoms with Gasteiger partial charge >= 0.3 is 0 Å². The van der Waals surface area contributed by atoms with Crippen molar-refractivity contribution in [2.75, 3.05) is 0 Å². The second kappa shape index (κ2) is 6.41. The Morgan fingerprint density at radius 2 is 1.23 bits per heavy atom. The third-order valence-corrected chi connectivity index (χ3v) is 13.2. The molecule has 0 saturated heterocycles. The minimum Gasteiger partial charge on any atom is -0.0769 e. The quantitative estimate of drug-likeness (QED) is 0.349. The van der Waals surface area contributed by atoms with E-state index in [0.29, 0.717) is 27.1 Å². The van der Waals surface area contributed by atoms with E-state index in [9.17, 15) is 0 Å². The molecule has 5 aliphatic carbocycles. The van der Waals surface area contributed by atoms with Gasteiger partial charge in [0.2, 0.25) is 0 Å². The van der Waals surface area contributed by atoms with Crippen LogP contribution in [-0.4, -0.2) is 0 Å². The van der Waals surface area contributed by atoms with Gasteiger partial charge in [-0.2, -0.15) is 0 Å². The average Bonchev–Trinajstić information content (AvgIpc) is 2.99. The molecule has 8 atom stereocenters. The molecule has 5 aliphatic rings. The summed E-state index contributed by atoms with van der Waals surface area (Å²) in [5, 5.41) is 0. The maximum absolute atomic E-state index is 2.80. The van der Waals surface area contributed by atoms with E-state index in [0.717, 1.165) is 23.7 Å². The molecule has 0 heterocycles. The van der Waals surface area contributed by atoms with Crippen LogP contribution in [0.15, 0.2) is 11.1 Å². The molecule has 5 saturated carbocycles. The van der Waals surface area contributed by atoms with Crippen molar-refractivity contribution in [2.45, 2.75) is 126 Å². The molecule has 170 valence electrons. The van der Waals surface area contributed by atoms with E-state index in [4.69, 9.17) is 0 Å². The van der Waals surface area contributed by atoms with Gasteiger partial charge in [0.25, 0.3) is 0 Å². The van der Waals surface area contributed by atoms with E-state index in [1.807, 2.05) is 5.57 Å². The molecule has 0 amide bonds. The normalized spacial score (nSPS) is 54.6. The highest BCUT2D eigenvalue weighted by atomic mass is 14.7. The molecule has 0 aromatic rings. The summed E-state index contributed by atoms with van der Waals surface area (Å²) in [6, 6.07) is 0. The fourth-order valence-electron chi connectivity index (χ4n) is 11.7. The molecule has 0 nitrogen and oxygen atoms in total. The Hall–Kier alpha value is -0.260. The van der Waals surface area contributed by atoms with Crippen molar-refractivity contribution >= 4 is 0 Å². The number of hydrogen-bond acceptors (Lipinski definition) is 0. The zero-order valence-corrected chi connectivity index (χ0v) is 21.6. The van der Waals surface area contributed by atoms with Crippen molar-refractivity contribution < 1.29 is 0 Å². The van der Waals surface area contributed by atoms with Gasteiger partial charge in [0.05, 0.1) is 0 Å². The number of fused-ring (bicyclic) bond motifs is 7. The molecular weight excluding hydrogens is 360 g/mol. The molecule has 0 heteroatoms. The number of allylic oxidation sites excluding steroid dienone is 2. The van der Waals surface area contributed by atoms with Crippen LogP contribution in [0.25, 0.3) is 0 Å². The van der Waals surface area contributed by atoms with Gasteiger partial charge in [-0.3, -0.25) is 0 Å². The Kier molecular flexibility index (Phi) is 4.61. The third-order valence-electron chi connectivity index (χ3n) is 13.2. The van der Waals surface area contributed by atoms with E-state index >= 15 is 0 Å². The van der Waals surface area contributed by atoms with Gasteiger partial charge in [0.15, 0.2) is 0 Å². The molecule has 0 aromatic heterocycles. The van der Waals surface area contributed by atoms with E-state index < -0.39 is 0 Å². The lowest BCUT2D eigenvalue weighted by Crippen LogP contribution is -2.65. The van der Waals surface area contributed by atoms with E-state index in [-0.39, 0.29) is 0 Å². The first-order chi connectivity index (χ1) is 13.9. The smallest absolute Gasteiger partial charge is 0.0144 e. The SMILES string of the molecule is CC(C)=C1CC[C@]2(C)[C@H]3CC[C@@H]4[C@@]5(C)CCCC(C)(C)[C@@H]5CC[C@@]4(C)[C@]3(C)CC[C@@H]12. The predicted octanol–water partition coefficient (Wildman–Crippen LogP) is 9.20. The van der Waals surface area contributed by atoms with Crippen LogP contribution in [0.2, 0.25) is 0 Å². The summed E-state index contributed by atoms with van der Waals surface area (Å²) in [4.78, 5) is 0. The molecule has 0 radical (unpaired) electrons. The number of hydrogen-bond donors (Lipinski definition) is 0. The number of rotatable bonds is 0.